The molecular formula is C18H35N3. The van der Waals surface area contributed by atoms with Crippen LogP contribution in [0.25, 0.3) is 0 Å². The van der Waals surface area contributed by atoms with Crippen LogP contribution in [0.5, 0.6) is 0 Å². The van der Waals surface area contributed by atoms with Crippen LogP contribution < -0.4 is 5.32 Å². The van der Waals surface area contributed by atoms with Crippen molar-refractivity contribution in [2.45, 2.75) is 78.3 Å². The van der Waals surface area contributed by atoms with Crippen molar-refractivity contribution in [3.8, 4) is 6.07 Å². The van der Waals surface area contributed by atoms with Gasteiger partial charge in [0.25, 0.3) is 0 Å². The van der Waals surface area contributed by atoms with E-state index in [2.05, 4.69) is 50.9 Å². The number of hydrogen-bond acceptors (Lipinski definition) is 3. The van der Waals surface area contributed by atoms with Crippen molar-refractivity contribution in [3.05, 3.63) is 0 Å². The molecule has 0 aliphatic heterocycles. The zero-order chi connectivity index (χ0) is 15.9. The standard InChI is InChI=1S/C18H35N3/c1-6-11-20-18(13-19,16-9-10-16)14-21(12-15(4)5)17(7-2)8-3/h15-17,20H,6-12,14H2,1-5H3. The van der Waals surface area contributed by atoms with E-state index in [0.29, 0.717) is 17.9 Å². The maximum atomic E-state index is 9.88. The van der Waals surface area contributed by atoms with Crippen LogP contribution in [0, 0.1) is 23.2 Å². The highest BCUT2D eigenvalue weighted by molar-refractivity contribution is 5.17. The van der Waals surface area contributed by atoms with E-state index >= 15 is 0 Å². The molecule has 3 nitrogen and oxygen atoms in total. The third-order valence-electron chi connectivity index (χ3n) is 4.68. The normalized spacial score (nSPS) is 18.2. The van der Waals surface area contributed by atoms with Gasteiger partial charge in [0.05, 0.1) is 6.07 Å². The fourth-order valence-corrected chi connectivity index (χ4v) is 3.36. The molecule has 0 saturated heterocycles. The predicted octanol–water partition coefficient (Wildman–Crippen LogP) is 3.80. The molecule has 1 atom stereocenters. The van der Waals surface area contributed by atoms with Gasteiger partial charge in [0.2, 0.25) is 0 Å². The Balaban J connectivity index is 2.86. The third kappa shape index (κ3) is 5.27. The predicted molar refractivity (Wildman–Crippen MR) is 90.1 cm³/mol. The quantitative estimate of drug-likeness (QED) is 0.629. The molecule has 21 heavy (non-hydrogen) atoms. The maximum Gasteiger partial charge on any atom is 0.122 e. The van der Waals surface area contributed by atoms with Crippen molar-refractivity contribution in [2.75, 3.05) is 19.6 Å². The van der Waals surface area contributed by atoms with Crippen molar-refractivity contribution < 1.29 is 0 Å². The molecule has 1 fully saturated rings. The first-order valence-electron chi connectivity index (χ1n) is 8.93. The van der Waals surface area contributed by atoms with Gasteiger partial charge in [-0.2, -0.15) is 5.26 Å². The van der Waals surface area contributed by atoms with Crippen LogP contribution in [-0.2, 0) is 0 Å². The summed E-state index contributed by atoms with van der Waals surface area (Å²) in [7, 11) is 0. The second-order valence-corrected chi connectivity index (χ2v) is 7.08. The average molecular weight is 293 g/mol. The summed E-state index contributed by atoms with van der Waals surface area (Å²) in [6.45, 7) is 14.2. The van der Waals surface area contributed by atoms with Gasteiger partial charge in [-0.3, -0.25) is 10.2 Å². The Kier molecular flexibility index (Phi) is 7.70. The smallest absolute Gasteiger partial charge is 0.122 e. The topological polar surface area (TPSA) is 39.1 Å². The molecule has 1 unspecified atom stereocenters. The second kappa shape index (κ2) is 8.76. The van der Waals surface area contributed by atoms with Crippen LogP contribution in [0.15, 0.2) is 0 Å². The molecule has 1 aliphatic rings. The monoisotopic (exact) mass is 293 g/mol. The van der Waals surface area contributed by atoms with Crippen LogP contribution >= 0.6 is 0 Å². The van der Waals surface area contributed by atoms with Crippen LogP contribution in [0.1, 0.15) is 66.7 Å². The number of hydrogen-bond donors (Lipinski definition) is 1. The molecule has 3 heteroatoms. The molecule has 1 rings (SSSR count). The molecule has 0 aromatic carbocycles. The molecule has 0 aromatic heterocycles. The minimum Gasteiger partial charge on any atom is -0.298 e. The first-order valence-corrected chi connectivity index (χ1v) is 8.93. The Hall–Kier alpha value is -0.590. The number of nitrogens with one attached hydrogen (secondary N) is 1. The summed E-state index contributed by atoms with van der Waals surface area (Å²) in [5, 5.41) is 13.5. The summed E-state index contributed by atoms with van der Waals surface area (Å²) in [6, 6.07) is 3.27. The van der Waals surface area contributed by atoms with Crippen molar-refractivity contribution in [1.82, 2.24) is 10.2 Å². The Morgan fingerprint density at radius 3 is 2.24 bits per heavy atom. The van der Waals surface area contributed by atoms with Crippen LogP contribution in [0.4, 0.5) is 0 Å². The van der Waals surface area contributed by atoms with Crippen LogP contribution in [0.2, 0.25) is 0 Å². The first kappa shape index (κ1) is 18.5. The van der Waals surface area contributed by atoms with Crippen molar-refractivity contribution in [1.29, 1.82) is 5.26 Å². The van der Waals surface area contributed by atoms with E-state index in [9.17, 15) is 5.26 Å². The minimum absolute atomic E-state index is 0.326. The van der Waals surface area contributed by atoms with Crippen molar-refractivity contribution >= 4 is 0 Å². The fraction of sp³-hybridized carbons (Fsp3) is 0.944. The van der Waals surface area contributed by atoms with Gasteiger partial charge < -0.3 is 0 Å². The first-order chi connectivity index (χ1) is 10.0. The third-order valence-corrected chi connectivity index (χ3v) is 4.68. The zero-order valence-electron chi connectivity index (χ0n) is 14.8. The molecule has 0 aromatic rings. The number of rotatable bonds is 11. The molecule has 1 aliphatic carbocycles. The van der Waals surface area contributed by atoms with Crippen LogP contribution in [0.3, 0.4) is 0 Å². The minimum atomic E-state index is -0.326. The molecule has 0 amide bonds. The second-order valence-electron chi connectivity index (χ2n) is 7.08. The van der Waals surface area contributed by atoms with E-state index in [-0.39, 0.29) is 5.54 Å². The van der Waals surface area contributed by atoms with Crippen molar-refractivity contribution in [3.63, 3.8) is 0 Å². The van der Waals surface area contributed by atoms with Gasteiger partial charge in [-0.25, -0.2) is 0 Å². The Morgan fingerprint density at radius 2 is 1.86 bits per heavy atom. The van der Waals surface area contributed by atoms with Gasteiger partial charge >= 0.3 is 0 Å². The summed E-state index contributed by atoms with van der Waals surface area (Å²) in [5.74, 6) is 1.20. The Bertz CT molecular complexity index is 326. The van der Waals surface area contributed by atoms with E-state index in [1.807, 2.05) is 0 Å². The van der Waals surface area contributed by atoms with E-state index in [1.54, 1.807) is 0 Å². The van der Waals surface area contributed by atoms with E-state index in [4.69, 9.17) is 0 Å². The summed E-state index contributed by atoms with van der Waals surface area (Å²) in [4.78, 5) is 2.58. The number of nitriles is 1. The molecule has 0 bridgehead atoms. The fourth-order valence-electron chi connectivity index (χ4n) is 3.36. The van der Waals surface area contributed by atoms with Gasteiger partial charge in [0.15, 0.2) is 0 Å². The zero-order valence-corrected chi connectivity index (χ0v) is 14.8. The van der Waals surface area contributed by atoms with Gasteiger partial charge in [0.1, 0.15) is 5.54 Å². The summed E-state index contributed by atoms with van der Waals surface area (Å²) >= 11 is 0. The SMILES string of the molecule is CCCNC(C#N)(CN(CC(C)C)C(CC)CC)C1CC1. The lowest BCUT2D eigenvalue weighted by Crippen LogP contribution is -2.57. The lowest BCUT2D eigenvalue weighted by atomic mass is 9.92. The molecule has 0 spiro atoms. The molecule has 0 heterocycles. The molecular weight excluding hydrogens is 258 g/mol. The van der Waals surface area contributed by atoms with Crippen molar-refractivity contribution in [2.24, 2.45) is 11.8 Å². The molecule has 1 saturated carbocycles. The molecule has 122 valence electrons. The number of nitrogens with zero attached hydrogens (tertiary/aromatic N) is 2. The summed E-state index contributed by atoms with van der Waals surface area (Å²) in [6.07, 6.45) is 5.85. The average Bonchev–Trinajstić information content (AvgIpc) is 3.29. The molecule has 1 N–H and O–H groups in total. The molecule has 0 radical (unpaired) electrons. The van der Waals surface area contributed by atoms with Gasteiger partial charge in [-0.15, -0.1) is 0 Å². The van der Waals surface area contributed by atoms with Crippen LogP contribution in [-0.4, -0.2) is 36.1 Å². The summed E-state index contributed by atoms with van der Waals surface area (Å²) in [5.41, 5.74) is -0.326. The lowest BCUT2D eigenvalue weighted by Gasteiger charge is -2.39. The van der Waals surface area contributed by atoms with E-state index < -0.39 is 0 Å². The lowest BCUT2D eigenvalue weighted by molar-refractivity contribution is 0.123. The van der Waals surface area contributed by atoms with Gasteiger partial charge in [0, 0.05) is 19.1 Å². The largest absolute Gasteiger partial charge is 0.298 e. The highest BCUT2D eigenvalue weighted by Crippen LogP contribution is 2.40. The highest BCUT2D eigenvalue weighted by atomic mass is 15.2. The van der Waals surface area contributed by atoms with E-state index in [0.717, 1.165) is 26.1 Å². The Morgan fingerprint density at radius 1 is 1.24 bits per heavy atom. The maximum absolute atomic E-state index is 9.88. The van der Waals surface area contributed by atoms with Gasteiger partial charge in [-0.1, -0.05) is 34.6 Å². The summed E-state index contributed by atoms with van der Waals surface area (Å²) < 4.78 is 0. The highest BCUT2D eigenvalue weighted by Gasteiger charge is 2.46. The van der Waals surface area contributed by atoms with E-state index in [1.165, 1.54) is 25.7 Å². The van der Waals surface area contributed by atoms with Gasteiger partial charge in [-0.05, 0) is 50.5 Å². The Labute approximate surface area is 132 Å².